The Hall–Kier alpha value is -3.68. The van der Waals surface area contributed by atoms with Gasteiger partial charge in [0, 0.05) is 24.8 Å². The Bertz CT molecular complexity index is 1100. The van der Waals surface area contributed by atoms with Crippen molar-refractivity contribution in [3.05, 3.63) is 24.3 Å². The van der Waals surface area contributed by atoms with Gasteiger partial charge in [-0.1, -0.05) is 0 Å². The molecule has 1 saturated carbocycles. The molecule has 186 valence electrons. The molecule has 2 fully saturated rings. The molecule has 2 aromatic heterocycles. The van der Waals surface area contributed by atoms with Crippen molar-refractivity contribution in [2.75, 3.05) is 36.9 Å². The van der Waals surface area contributed by atoms with Crippen LogP contribution < -0.4 is 25.4 Å². The molecule has 4 rings (SSSR count). The highest BCUT2D eigenvalue weighted by Crippen LogP contribution is 2.44. The lowest BCUT2D eigenvalue weighted by molar-refractivity contribution is 0.0906. The van der Waals surface area contributed by atoms with Gasteiger partial charge in [-0.15, -0.1) is 0 Å². The third-order valence-corrected chi connectivity index (χ3v) is 6.05. The molecule has 11 nitrogen and oxygen atoms in total. The molecule has 2 aromatic rings. The number of carbonyl (C=O) groups excluding carboxylic acids is 1. The lowest BCUT2D eigenvalue weighted by Gasteiger charge is -2.32. The van der Waals surface area contributed by atoms with Crippen LogP contribution in [-0.4, -0.2) is 57.7 Å². The number of hydrogen-bond acceptors (Lipinski definition) is 10. The van der Waals surface area contributed by atoms with Crippen LogP contribution in [0.2, 0.25) is 0 Å². The maximum Gasteiger partial charge on any atom is 0.322 e. The van der Waals surface area contributed by atoms with Gasteiger partial charge in [0.25, 0.3) is 5.91 Å². The normalized spacial score (nSPS) is 17.4. The Labute approximate surface area is 205 Å². The predicted octanol–water partition coefficient (Wildman–Crippen LogP) is 2.36. The molecule has 0 spiro atoms. The van der Waals surface area contributed by atoms with E-state index in [1.165, 1.54) is 0 Å². The molecule has 0 radical (unpaired) electrons. The summed E-state index contributed by atoms with van der Waals surface area (Å²) in [7, 11) is 0. The number of nitrogens with zero attached hydrogens (tertiary/aromatic N) is 6. The number of piperidine rings is 1. The molecule has 3 N–H and O–H groups in total. The van der Waals surface area contributed by atoms with Gasteiger partial charge in [-0.3, -0.25) is 9.78 Å². The Morgan fingerprint density at radius 3 is 2.63 bits per heavy atom. The summed E-state index contributed by atoms with van der Waals surface area (Å²) in [5, 5.41) is 12.2. The number of nitrogens with two attached hydrogens (primary N) is 1. The summed E-state index contributed by atoms with van der Waals surface area (Å²) in [6.45, 7) is 7.81. The summed E-state index contributed by atoms with van der Waals surface area (Å²) in [6.07, 6.45) is 6.57. The number of hydrogen-bond donors (Lipinski definition) is 2. The number of anilines is 2. The highest BCUT2D eigenvalue weighted by atomic mass is 16.5. The topological polar surface area (TPSA) is 152 Å². The quantitative estimate of drug-likeness (QED) is 0.576. The average molecular weight is 481 g/mol. The molecular weight excluding hydrogens is 448 g/mol. The second kappa shape index (κ2) is 9.90. The van der Waals surface area contributed by atoms with Crippen molar-refractivity contribution in [3.8, 4) is 17.8 Å². The van der Waals surface area contributed by atoms with Crippen molar-refractivity contribution in [1.82, 2.24) is 25.3 Å². The van der Waals surface area contributed by atoms with Gasteiger partial charge in [0.05, 0.1) is 30.0 Å². The lowest BCUT2D eigenvalue weighted by Crippen LogP contribution is -2.42. The summed E-state index contributed by atoms with van der Waals surface area (Å²) in [4.78, 5) is 32.0. The fourth-order valence-electron chi connectivity index (χ4n) is 3.71. The van der Waals surface area contributed by atoms with E-state index in [-0.39, 0.29) is 18.4 Å². The Kier molecular flexibility index (Phi) is 6.91. The predicted molar refractivity (Wildman–Crippen MR) is 129 cm³/mol. The second-order valence-corrected chi connectivity index (χ2v) is 10.3. The highest BCUT2D eigenvalue weighted by Gasteiger charge is 2.44. The highest BCUT2D eigenvalue weighted by molar-refractivity contribution is 5.91. The Morgan fingerprint density at radius 2 is 2.00 bits per heavy atom. The maximum absolute atomic E-state index is 12.8. The summed E-state index contributed by atoms with van der Waals surface area (Å²) < 4.78 is 11.6. The van der Waals surface area contributed by atoms with Crippen LogP contribution in [0.4, 0.5) is 11.6 Å². The van der Waals surface area contributed by atoms with Crippen molar-refractivity contribution in [2.45, 2.75) is 52.0 Å². The number of rotatable bonds is 8. The van der Waals surface area contributed by atoms with Crippen molar-refractivity contribution in [3.63, 3.8) is 0 Å². The van der Waals surface area contributed by atoms with Crippen LogP contribution in [0.25, 0.3) is 0 Å². The minimum atomic E-state index is -0.476. The van der Waals surface area contributed by atoms with Gasteiger partial charge in [-0.2, -0.15) is 20.2 Å². The van der Waals surface area contributed by atoms with Gasteiger partial charge in [0.2, 0.25) is 11.8 Å². The third kappa shape index (κ3) is 6.47. The van der Waals surface area contributed by atoms with E-state index in [1.807, 2.05) is 25.7 Å². The van der Waals surface area contributed by atoms with E-state index in [1.54, 1.807) is 18.5 Å². The monoisotopic (exact) mass is 480 g/mol. The van der Waals surface area contributed by atoms with Crippen molar-refractivity contribution < 1.29 is 14.3 Å². The molecule has 1 amide bonds. The van der Waals surface area contributed by atoms with E-state index in [0.29, 0.717) is 43.0 Å². The molecule has 1 aliphatic carbocycles. The standard InChI is InChI=1S/C24H32N8O3/c1-23(2,3)31-20(33)19-28-21(30-22(29-19)35-15-24(14-25)7-8-24)32-10-5-16(6-11-32)13-34-18-12-27-9-4-17(18)26/h4,9,12,16H,5-8,10-11,13,15H2,1-3H3,(H2,26,27)(H,31,33). The van der Waals surface area contributed by atoms with Crippen molar-refractivity contribution in [2.24, 2.45) is 11.3 Å². The summed E-state index contributed by atoms with van der Waals surface area (Å²) in [5.41, 5.74) is 5.58. The molecule has 2 aliphatic rings. The van der Waals surface area contributed by atoms with Gasteiger partial charge < -0.3 is 25.4 Å². The summed E-state index contributed by atoms with van der Waals surface area (Å²) in [6, 6.07) is 4.07. The number of ether oxygens (including phenoxy) is 2. The molecule has 0 bridgehead atoms. The molecule has 1 aliphatic heterocycles. The largest absolute Gasteiger partial charge is 0.490 e. The molecule has 11 heteroatoms. The first-order chi connectivity index (χ1) is 16.7. The number of aromatic nitrogens is 4. The van der Waals surface area contributed by atoms with Crippen LogP contribution in [0.1, 0.15) is 57.1 Å². The first kappa shape index (κ1) is 24.4. The number of nitrogens with one attached hydrogen (secondary N) is 1. The van der Waals surface area contributed by atoms with Crippen LogP contribution in [0.15, 0.2) is 18.5 Å². The number of nitrogen functional groups attached to an aromatic ring is 1. The maximum atomic E-state index is 12.8. The number of nitriles is 1. The van der Waals surface area contributed by atoms with Crippen molar-refractivity contribution >= 4 is 17.5 Å². The molecule has 0 atom stereocenters. The van der Waals surface area contributed by atoms with E-state index < -0.39 is 16.9 Å². The lowest BCUT2D eigenvalue weighted by atomic mass is 9.98. The van der Waals surface area contributed by atoms with Gasteiger partial charge in [0.15, 0.2) is 5.75 Å². The summed E-state index contributed by atoms with van der Waals surface area (Å²) >= 11 is 0. The van der Waals surface area contributed by atoms with Gasteiger partial charge in [0.1, 0.15) is 6.61 Å². The fraction of sp³-hybridized carbons (Fsp3) is 0.583. The van der Waals surface area contributed by atoms with E-state index in [0.717, 1.165) is 25.7 Å². The minimum Gasteiger partial charge on any atom is -0.490 e. The number of carbonyl (C=O) groups is 1. The van der Waals surface area contributed by atoms with Crippen LogP contribution in [-0.2, 0) is 0 Å². The van der Waals surface area contributed by atoms with E-state index >= 15 is 0 Å². The third-order valence-electron chi connectivity index (χ3n) is 6.05. The first-order valence-corrected chi connectivity index (χ1v) is 11.9. The van der Waals surface area contributed by atoms with Crippen LogP contribution in [0.3, 0.4) is 0 Å². The average Bonchev–Trinajstić information content (AvgIpc) is 3.62. The molecule has 0 unspecified atom stereocenters. The number of amides is 1. The van der Waals surface area contributed by atoms with Gasteiger partial charge in [-0.25, -0.2) is 0 Å². The SMILES string of the molecule is CC(C)(C)NC(=O)c1nc(OCC2(C#N)CC2)nc(N2CCC(COc3cnccc3N)CC2)n1. The van der Waals surface area contributed by atoms with E-state index in [2.05, 4.69) is 31.3 Å². The molecule has 35 heavy (non-hydrogen) atoms. The van der Waals surface area contributed by atoms with E-state index in [9.17, 15) is 10.1 Å². The smallest absolute Gasteiger partial charge is 0.322 e. The van der Waals surface area contributed by atoms with Gasteiger partial charge in [-0.05, 0) is 58.4 Å². The molecule has 1 saturated heterocycles. The van der Waals surface area contributed by atoms with Crippen LogP contribution in [0.5, 0.6) is 11.8 Å². The zero-order valence-corrected chi connectivity index (χ0v) is 20.5. The zero-order valence-electron chi connectivity index (χ0n) is 20.5. The molecule has 3 heterocycles. The first-order valence-electron chi connectivity index (χ1n) is 11.9. The van der Waals surface area contributed by atoms with Crippen LogP contribution >= 0.6 is 0 Å². The second-order valence-electron chi connectivity index (χ2n) is 10.3. The zero-order chi connectivity index (χ0) is 25.1. The van der Waals surface area contributed by atoms with Crippen LogP contribution in [0, 0.1) is 22.7 Å². The summed E-state index contributed by atoms with van der Waals surface area (Å²) in [5.74, 6) is 0.933. The van der Waals surface area contributed by atoms with Gasteiger partial charge >= 0.3 is 6.01 Å². The minimum absolute atomic E-state index is 0.000704. The molecular formula is C24H32N8O3. The number of pyridine rings is 1. The Morgan fingerprint density at radius 1 is 1.26 bits per heavy atom. The van der Waals surface area contributed by atoms with Crippen molar-refractivity contribution in [1.29, 1.82) is 5.26 Å². The Balaban J connectivity index is 1.43. The molecule has 0 aromatic carbocycles. The fourth-order valence-corrected chi connectivity index (χ4v) is 3.71. The van der Waals surface area contributed by atoms with E-state index in [4.69, 9.17) is 15.2 Å².